The Morgan fingerprint density at radius 3 is 1.27 bits per heavy atom. The average Bonchev–Trinajstić information content (AvgIpc) is 3.00. The number of esters is 3. The maximum absolute atomic E-state index is 12.5. The second-order valence-electron chi connectivity index (χ2n) is 12.3. The summed E-state index contributed by atoms with van der Waals surface area (Å²) in [5, 5.41) is 0. The first-order valence-electron chi connectivity index (χ1n) is 17.7. The Kier molecular flexibility index (Phi) is 30.7. The van der Waals surface area contributed by atoms with Crippen molar-refractivity contribution in [1.82, 2.24) is 4.90 Å². The van der Waals surface area contributed by atoms with Gasteiger partial charge in [0.15, 0.2) is 0 Å². The topological polar surface area (TPSA) is 82.1 Å². The first-order chi connectivity index (χ1) is 21.4. The van der Waals surface area contributed by atoms with Crippen molar-refractivity contribution < 1.29 is 28.6 Å². The fourth-order valence-corrected chi connectivity index (χ4v) is 5.13. The number of unbranched alkanes of at least 4 members (excludes halogenated alkanes) is 14. The van der Waals surface area contributed by atoms with Gasteiger partial charge in [-0.05, 0) is 104 Å². The summed E-state index contributed by atoms with van der Waals surface area (Å²) < 4.78 is 15.3. The molecule has 7 nitrogen and oxygen atoms in total. The SMILES string of the molecule is COC(=O)CCC/C=C\CCCCCCCCC(CCCCCCCC/C=C\CCCC(=O)OC)OC(=O)CCCN(C)C. The summed E-state index contributed by atoms with van der Waals surface area (Å²) in [6.45, 7) is 0.913. The van der Waals surface area contributed by atoms with Crippen LogP contribution in [-0.2, 0) is 28.6 Å². The standard InChI is InChI=1S/C37H67NO6/c1-38(2)33-27-32-37(41)44-34(28-23-19-15-11-7-5-9-13-17-21-25-30-35(39)42-3)29-24-20-16-12-8-6-10-14-18-22-26-31-36(40)43-4/h13-14,17-18,34H,5-12,15-16,19-33H2,1-4H3/b17-13-,18-14-. The van der Waals surface area contributed by atoms with Gasteiger partial charge in [-0.25, -0.2) is 0 Å². The van der Waals surface area contributed by atoms with Crippen LogP contribution in [0.2, 0.25) is 0 Å². The third-order valence-electron chi connectivity index (χ3n) is 7.87. The molecule has 0 aromatic heterocycles. The molecule has 0 aliphatic heterocycles. The number of carbonyl (C=O) groups is 3. The maximum Gasteiger partial charge on any atom is 0.306 e. The van der Waals surface area contributed by atoms with Gasteiger partial charge in [0, 0.05) is 19.3 Å². The zero-order chi connectivity index (χ0) is 32.5. The van der Waals surface area contributed by atoms with Crippen LogP contribution in [0.1, 0.15) is 154 Å². The molecule has 0 atom stereocenters. The highest BCUT2D eigenvalue weighted by molar-refractivity contribution is 5.69. The number of allylic oxidation sites excluding steroid dienone is 4. The Bertz CT molecular complexity index is 700. The number of nitrogens with zero attached hydrogens (tertiary/aromatic N) is 1. The van der Waals surface area contributed by atoms with Gasteiger partial charge in [0.25, 0.3) is 0 Å². The van der Waals surface area contributed by atoms with Crippen molar-refractivity contribution in [3.05, 3.63) is 24.3 Å². The van der Waals surface area contributed by atoms with Gasteiger partial charge < -0.3 is 19.1 Å². The van der Waals surface area contributed by atoms with Crippen LogP contribution in [0.4, 0.5) is 0 Å². The monoisotopic (exact) mass is 621 g/mol. The van der Waals surface area contributed by atoms with Crippen molar-refractivity contribution in [2.24, 2.45) is 0 Å². The van der Waals surface area contributed by atoms with Crippen molar-refractivity contribution in [1.29, 1.82) is 0 Å². The Labute approximate surface area is 270 Å². The lowest BCUT2D eigenvalue weighted by atomic mass is 10.0. The van der Waals surface area contributed by atoms with Crippen LogP contribution in [0.5, 0.6) is 0 Å². The highest BCUT2D eigenvalue weighted by Gasteiger charge is 2.14. The van der Waals surface area contributed by atoms with Gasteiger partial charge in [-0.15, -0.1) is 0 Å². The Morgan fingerprint density at radius 2 is 0.864 bits per heavy atom. The van der Waals surface area contributed by atoms with E-state index in [0.717, 1.165) is 77.2 Å². The molecular formula is C37H67NO6. The van der Waals surface area contributed by atoms with Gasteiger partial charge in [-0.3, -0.25) is 14.4 Å². The number of carbonyl (C=O) groups excluding carboxylic acids is 3. The Morgan fingerprint density at radius 1 is 0.500 bits per heavy atom. The quantitative estimate of drug-likeness (QED) is 0.0330. The molecule has 0 N–H and O–H groups in total. The van der Waals surface area contributed by atoms with Crippen molar-refractivity contribution in [3.63, 3.8) is 0 Å². The number of methoxy groups -OCH3 is 2. The predicted molar refractivity (Wildman–Crippen MR) is 182 cm³/mol. The van der Waals surface area contributed by atoms with E-state index in [4.69, 9.17) is 4.74 Å². The van der Waals surface area contributed by atoms with Crippen molar-refractivity contribution >= 4 is 17.9 Å². The van der Waals surface area contributed by atoms with Gasteiger partial charge >= 0.3 is 17.9 Å². The van der Waals surface area contributed by atoms with Crippen LogP contribution < -0.4 is 0 Å². The lowest BCUT2D eigenvalue weighted by Crippen LogP contribution is -2.20. The summed E-state index contributed by atoms with van der Waals surface area (Å²) in [5.41, 5.74) is 0. The molecule has 0 saturated carbocycles. The molecule has 0 heterocycles. The molecule has 0 aromatic carbocycles. The van der Waals surface area contributed by atoms with Crippen molar-refractivity contribution in [2.45, 2.75) is 160 Å². The Balaban J connectivity index is 4.03. The van der Waals surface area contributed by atoms with Crippen molar-refractivity contribution in [2.75, 3.05) is 34.9 Å². The second-order valence-corrected chi connectivity index (χ2v) is 12.3. The molecule has 0 unspecified atom stereocenters. The minimum atomic E-state index is -0.128. The maximum atomic E-state index is 12.5. The molecule has 0 aliphatic rings. The predicted octanol–water partition coefficient (Wildman–Crippen LogP) is 9.28. The Hall–Kier alpha value is -2.15. The molecule has 0 fully saturated rings. The number of ether oxygens (including phenoxy) is 3. The van der Waals surface area contributed by atoms with E-state index in [-0.39, 0.29) is 24.0 Å². The molecule has 0 saturated heterocycles. The summed E-state index contributed by atoms with van der Waals surface area (Å²) in [5.74, 6) is -0.290. The highest BCUT2D eigenvalue weighted by Crippen LogP contribution is 2.18. The van der Waals surface area contributed by atoms with Gasteiger partial charge in [0.2, 0.25) is 0 Å². The fraction of sp³-hybridized carbons (Fsp3) is 0.811. The summed E-state index contributed by atoms with van der Waals surface area (Å²) in [7, 11) is 6.94. The number of hydrogen-bond donors (Lipinski definition) is 0. The minimum absolute atomic E-state index is 0.0337. The van der Waals surface area contributed by atoms with Crippen LogP contribution in [0.15, 0.2) is 24.3 Å². The van der Waals surface area contributed by atoms with E-state index in [2.05, 4.69) is 38.7 Å². The zero-order valence-corrected chi connectivity index (χ0v) is 29.0. The molecule has 0 aliphatic carbocycles. The average molecular weight is 622 g/mol. The van der Waals surface area contributed by atoms with Crippen LogP contribution in [-0.4, -0.2) is 63.8 Å². The van der Waals surface area contributed by atoms with Crippen LogP contribution in [0.25, 0.3) is 0 Å². The first-order valence-corrected chi connectivity index (χ1v) is 17.7. The number of rotatable bonds is 31. The van der Waals surface area contributed by atoms with E-state index in [1.54, 1.807) is 0 Å². The first kappa shape index (κ1) is 41.9. The molecule has 0 bridgehead atoms. The lowest BCUT2D eigenvalue weighted by molar-refractivity contribution is -0.150. The molecular weight excluding hydrogens is 554 g/mol. The third kappa shape index (κ3) is 31.3. The van der Waals surface area contributed by atoms with E-state index in [9.17, 15) is 14.4 Å². The molecule has 7 heteroatoms. The second kappa shape index (κ2) is 32.2. The largest absolute Gasteiger partial charge is 0.469 e. The van der Waals surface area contributed by atoms with Crippen molar-refractivity contribution in [3.8, 4) is 0 Å². The van der Waals surface area contributed by atoms with E-state index in [1.165, 1.54) is 78.4 Å². The van der Waals surface area contributed by atoms with Crippen LogP contribution in [0, 0.1) is 0 Å². The third-order valence-corrected chi connectivity index (χ3v) is 7.87. The molecule has 44 heavy (non-hydrogen) atoms. The normalized spacial score (nSPS) is 11.7. The summed E-state index contributed by atoms with van der Waals surface area (Å²) in [4.78, 5) is 36.8. The summed E-state index contributed by atoms with van der Waals surface area (Å²) in [6.07, 6.45) is 33.7. The molecule has 0 aromatic rings. The van der Waals surface area contributed by atoms with E-state index in [1.807, 2.05) is 14.1 Å². The number of hydrogen-bond acceptors (Lipinski definition) is 7. The smallest absolute Gasteiger partial charge is 0.306 e. The van der Waals surface area contributed by atoms with Crippen LogP contribution >= 0.6 is 0 Å². The van der Waals surface area contributed by atoms with Crippen LogP contribution in [0.3, 0.4) is 0 Å². The van der Waals surface area contributed by atoms with Gasteiger partial charge in [-0.1, -0.05) is 75.7 Å². The molecule has 0 radical (unpaired) electrons. The fourth-order valence-electron chi connectivity index (χ4n) is 5.13. The zero-order valence-electron chi connectivity index (χ0n) is 29.0. The molecule has 0 spiro atoms. The van der Waals surface area contributed by atoms with Gasteiger partial charge in [-0.2, -0.15) is 0 Å². The molecule has 256 valence electrons. The van der Waals surface area contributed by atoms with Gasteiger partial charge in [0.05, 0.1) is 14.2 Å². The molecule has 0 rings (SSSR count). The minimum Gasteiger partial charge on any atom is -0.469 e. The van der Waals surface area contributed by atoms with E-state index < -0.39 is 0 Å². The summed E-state index contributed by atoms with van der Waals surface area (Å²) in [6, 6.07) is 0. The molecule has 0 amide bonds. The van der Waals surface area contributed by atoms with Gasteiger partial charge in [0.1, 0.15) is 6.10 Å². The summed E-state index contributed by atoms with van der Waals surface area (Å²) >= 11 is 0. The highest BCUT2D eigenvalue weighted by atomic mass is 16.5. The van der Waals surface area contributed by atoms with E-state index >= 15 is 0 Å². The van der Waals surface area contributed by atoms with E-state index in [0.29, 0.717) is 19.3 Å². The lowest BCUT2D eigenvalue weighted by Gasteiger charge is -2.18.